The predicted octanol–water partition coefficient (Wildman–Crippen LogP) is 4.02. The number of benzene rings is 3. The monoisotopic (exact) mass is 508 g/mol. The molecule has 3 aromatic carbocycles. The molecule has 0 bridgehead atoms. The van der Waals surface area contributed by atoms with E-state index in [2.05, 4.69) is 0 Å². The van der Waals surface area contributed by atoms with Gasteiger partial charge in [0.1, 0.15) is 17.5 Å². The first-order valence-electron chi connectivity index (χ1n) is 12.3. The zero-order valence-electron chi connectivity index (χ0n) is 20.7. The van der Waals surface area contributed by atoms with Gasteiger partial charge in [0.15, 0.2) is 5.78 Å². The van der Waals surface area contributed by atoms with Crippen LogP contribution in [0.2, 0.25) is 0 Å². The fourth-order valence-electron chi connectivity index (χ4n) is 5.87. The lowest BCUT2D eigenvalue weighted by molar-refractivity contribution is -0.132. The number of hydrogen-bond acceptors (Lipinski definition) is 7. The Labute approximate surface area is 219 Å². The molecule has 0 saturated carbocycles. The van der Waals surface area contributed by atoms with Crippen LogP contribution in [-0.2, 0) is 14.4 Å². The topological polar surface area (TPSA) is 93.2 Å². The number of methoxy groups -OCH3 is 1. The summed E-state index contributed by atoms with van der Waals surface area (Å²) in [6, 6.07) is 19.4. The molecule has 3 aliphatic heterocycles. The second-order valence-corrected chi connectivity index (χ2v) is 9.53. The van der Waals surface area contributed by atoms with Crippen LogP contribution in [0.3, 0.4) is 0 Å². The molecule has 2 saturated heterocycles. The van der Waals surface area contributed by atoms with Crippen molar-refractivity contribution in [1.82, 2.24) is 4.90 Å². The van der Waals surface area contributed by atoms with Crippen LogP contribution in [0.25, 0.3) is 6.08 Å². The average molecular weight is 509 g/mol. The van der Waals surface area contributed by atoms with Gasteiger partial charge in [0.2, 0.25) is 11.8 Å². The molecular formula is C30H24N2O6. The van der Waals surface area contributed by atoms with Crippen molar-refractivity contribution in [3.8, 4) is 11.5 Å². The van der Waals surface area contributed by atoms with E-state index in [1.54, 1.807) is 43.5 Å². The van der Waals surface area contributed by atoms with Crippen LogP contribution >= 0.6 is 0 Å². The van der Waals surface area contributed by atoms with Crippen LogP contribution in [0.1, 0.15) is 34.5 Å². The summed E-state index contributed by atoms with van der Waals surface area (Å²) in [6.45, 7) is 1.30. The van der Waals surface area contributed by atoms with Crippen LogP contribution < -0.4 is 14.4 Å². The molecule has 8 nitrogen and oxygen atoms in total. The number of nitrogens with zero attached hydrogens (tertiary/aromatic N) is 2. The van der Waals surface area contributed by atoms with Crippen molar-refractivity contribution >= 4 is 35.3 Å². The number of esters is 1. The maximum atomic E-state index is 14.0. The number of hydrogen-bond donors (Lipinski definition) is 0. The smallest absolute Gasteiger partial charge is 0.308 e. The molecule has 38 heavy (non-hydrogen) atoms. The minimum absolute atomic E-state index is 0.234. The zero-order valence-corrected chi connectivity index (χ0v) is 20.7. The van der Waals surface area contributed by atoms with E-state index in [-0.39, 0.29) is 11.7 Å². The first kappa shape index (κ1) is 23.7. The highest BCUT2D eigenvalue weighted by Gasteiger charge is 2.64. The van der Waals surface area contributed by atoms with Gasteiger partial charge in [-0.25, -0.2) is 4.90 Å². The van der Waals surface area contributed by atoms with Gasteiger partial charge in [-0.15, -0.1) is 0 Å². The van der Waals surface area contributed by atoms with Gasteiger partial charge in [0, 0.05) is 18.7 Å². The zero-order chi connectivity index (χ0) is 26.6. The Morgan fingerprint density at radius 2 is 1.47 bits per heavy atom. The lowest BCUT2D eigenvalue weighted by Crippen LogP contribution is -2.44. The molecule has 6 rings (SSSR count). The molecule has 2 fully saturated rings. The average Bonchev–Trinajstić information content (AvgIpc) is 3.41. The van der Waals surface area contributed by atoms with E-state index < -0.39 is 35.8 Å². The Morgan fingerprint density at radius 1 is 0.816 bits per heavy atom. The molecule has 0 spiro atoms. The Morgan fingerprint density at radius 3 is 2.16 bits per heavy atom. The Hall–Kier alpha value is -4.72. The van der Waals surface area contributed by atoms with Crippen molar-refractivity contribution in [2.24, 2.45) is 11.8 Å². The van der Waals surface area contributed by atoms with Gasteiger partial charge in [-0.1, -0.05) is 24.3 Å². The largest absolute Gasteiger partial charge is 0.497 e. The third-order valence-electron chi connectivity index (χ3n) is 7.46. The van der Waals surface area contributed by atoms with E-state index in [4.69, 9.17) is 9.47 Å². The summed E-state index contributed by atoms with van der Waals surface area (Å²) in [7, 11) is 1.55. The van der Waals surface area contributed by atoms with Crippen LogP contribution in [0.5, 0.6) is 11.5 Å². The molecule has 0 unspecified atom stereocenters. The normalized spacial score (nSPS) is 23.1. The molecule has 8 heteroatoms. The van der Waals surface area contributed by atoms with Gasteiger partial charge in [0.05, 0.1) is 30.7 Å². The van der Waals surface area contributed by atoms with E-state index in [1.807, 2.05) is 41.4 Å². The molecule has 3 heterocycles. The quantitative estimate of drug-likeness (QED) is 0.222. The number of ether oxygens (including phenoxy) is 2. The van der Waals surface area contributed by atoms with E-state index >= 15 is 0 Å². The molecule has 0 aromatic heterocycles. The van der Waals surface area contributed by atoms with Gasteiger partial charge in [-0.2, -0.15) is 0 Å². The molecule has 0 aliphatic carbocycles. The highest BCUT2D eigenvalue weighted by Crippen LogP contribution is 2.53. The number of carbonyl (C=O) groups excluding carboxylic acids is 4. The predicted molar refractivity (Wildman–Crippen MR) is 138 cm³/mol. The highest BCUT2D eigenvalue weighted by molar-refractivity contribution is 6.24. The van der Waals surface area contributed by atoms with Gasteiger partial charge in [-0.3, -0.25) is 19.2 Å². The Kier molecular flexibility index (Phi) is 5.60. The van der Waals surface area contributed by atoms with E-state index in [0.29, 0.717) is 22.7 Å². The third kappa shape index (κ3) is 3.60. The fourth-order valence-corrected chi connectivity index (χ4v) is 5.87. The van der Waals surface area contributed by atoms with E-state index in [9.17, 15) is 19.2 Å². The summed E-state index contributed by atoms with van der Waals surface area (Å²) in [5.41, 5.74) is 2.66. The molecule has 4 atom stereocenters. The summed E-state index contributed by atoms with van der Waals surface area (Å²) in [5, 5.41) is 0. The van der Waals surface area contributed by atoms with E-state index in [1.165, 1.54) is 24.0 Å². The molecule has 190 valence electrons. The minimum atomic E-state index is -0.869. The second-order valence-electron chi connectivity index (χ2n) is 9.53. The van der Waals surface area contributed by atoms with Crippen LogP contribution in [0, 0.1) is 11.8 Å². The maximum Gasteiger partial charge on any atom is 0.308 e. The number of anilines is 1. The third-order valence-corrected chi connectivity index (χ3v) is 7.46. The maximum absolute atomic E-state index is 14.0. The van der Waals surface area contributed by atoms with Gasteiger partial charge < -0.3 is 14.4 Å². The minimum Gasteiger partial charge on any atom is -0.497 e. The van der Waals surface area contributed by atoms with Crippen molar-refractivity contribution in [3.05, 3.63) is 95.7 Å². The van der Waals surface area contributed by atoms with Crippen LogP contribution in [-0.4, -0.2) is 41.6 Å². The lowest BCUT2D eigenvalue weighted by Gasteiger charge is -2.35. The van der Waals surface area contributed by atoms with Crippen molar-refractivity contribution < 1.29 is 28.7 Å². The lowest BCUT2D eigenvalue weighted by atomic mass is 9.83. The van der Waals surface area contributed by atoms with Crippen LogP contribution in [0.15, 0.2) is 79.0 Å². The molecule has 3 aromatic rings. The van der Waals surface area contributed by atoms with Crippen LogP contribution in [0.4, 0.5) is 5.69 Å². The highest BCUT2D eigenvalue weighted by atomic mass is 16.5. The molecule has 2 amide bonds. The van der Waals surface area contributed by atoms with Gasteiger partial charge >= 0.3 is 5.97 Å². The molecule has 0 N–H and O–H groups in total. The summed E-state index contributed by atoms with van der Waals surface area (Å²) >= 11 is 0. The fraction of sp³-hybridized carbons (Fsp3) is 0.200. The number of ketones is 1. The number of rotatable bonds is 5. The Bertz CT molecular complexity index is 1490. The van der Waals surface area contributed by atoms with Crippen molar-refractivity contribution in [2.45, 2.75) is 19.0 Å². The number of fused-ring (bicyclic) bond motifs is 5. The Balaban J connectivity index is 1.43. The molecule has 0 radical (unpaired) electrons. The molecule has 3 aliphatic rings. The first-order valence-corrected chi connectivity index (χ1v) is 12.3. The number of amides is 2. The van der Waals surface area contributed by atoms with Crippen molar-refractivity contribution in [2.75, 3.05) is 12.0 Å². The SMILES string of the molecule is COc1ccc(C(=O)[C@@H]2[C@@H]3C(=O)N(c4ccc(OC(C)=O)cc4)C(=O)[C@@H]3[C@@H]3c4ccccc4C=CN23)cc1. The number of carbonyl (C=O) groups is 4. The van der Waals surface area contributed by atoms with Crippen molar-refractivity contribution in [1.29, 1.82) is 0 Å². The van der Waals surface area contributed by atoms with E-state index in [0.717, 1.165) is 11.1 Å². The standard InChI is InChI=1S/C30H24N2O6/c1-17(33)38-22-13-9-20(10-14-22)32-29(35)24-25(30(32)36)27(28(34)19-7-11-21(37-2)12-8-19)31-16-15-18-5-3-4-6-23(18)26(24)31/h3-16,24-27H,1-2H3/t24-,25+,26-,27-/m0/s1. The number of Topliss-reactive ketones (excluding diaryl/α,β-unsaturated/α-hetero) is 1. The summed E-state index contributed by atoms with van der Waals surface area (Å²) in [6.07, 6.45) is 3.75. The first-order chi connectivity index (χ1) is 18.4. The summed E-state index contributed by atoms with van der Waals surface area (Å²) < 4.78 is 10.3. The summed E-state index contributed by atoms with van der Waals surface area (Å²) in [5.74, 6) is -2.17. The van der Waals surface area contributed by atoms with Crippen molar-refractivity contribution in [3.63, 3.8) is 0 Å². The summed E-state index contributed by atoms with van der Waals surface area (Å²) in [4.78, 5) is 56.2. The second kappa shape index (κ2) is 8.99. The molecular weight excluding hydrogens is 484 g/mol. The van der Waals surface area contributed by atoms with Gasteiger partial charge in [0.25, 0.3) is 0 Å². The number of imide groups is 1. The van der Waals surface area contributed by atoms with Gasteiger partial charge in [-0.05, 0) is 65.7 Å².